The van der Waals surface area contributed by atoms with Gasteiger partial charge in [0.2, 0.25) is 5.91 Å². The van der Waals surface area contributed by atoms with Crippen LogP contribution in [0.3, 0.4) is 0 Å². The maximum atomic E-state index is 12.5. The second-order valence-corrected chi connectivity index (χ2v) is 21.0. The highest BCUT2D eigenvalue weighted by molar-refractivity contribution is 5.76. The Morgan fingerprint density at radius 1 is 0.412 bits per heavy atom. The fourth-order valence-electron chi connectivity index (χ4n) is 9.55. The molecule has 0 aromatic rings. The fourth-order valence-corrected chi connectivity index (χ4v) is 9.55. The summed E-state index contributed by atoms with van der Waals surface area (Å²) < 4.78 is 5.47. The van der Waals surface area contributed by atoms with Crippen molar-refractivity contribution in [3.05, 3.63) is 24.3 Å². The van der Waals surface area contributed by atoms with E-state index < -0.39 is 12.1 Å². The van der Waals surface area contributed by atoms with Crippen LogP contribution in [0.1, 0.15) is 335 Å². The van der Waals surface area contributed by atoms with Crippen molar-refractivity contribution >= 4 is 11.9 Å². The van der Waals surface area contributed by atoms with Gasteiger partial charge in [0, 0.05) is 12.8 Å². The smallest absolute Gasteiger partial charge is 0.305 e. The van der Waals surface area contributed by atoms with Gasteiger partial charge in [-0.15, -0.1) is 0 Å². The summed E-state index contributed by atoms with van der Waals surface area (Å²) in [5.74, 6) is -0.0597. The second kappa shape index (κ2) is 57.9. The molecular weight excluding hydrogens is 839 g/mol. The van der Waals surface area contributed by atoms with E-state index >= 15 is 0 Å². The van der Waals surface area contributed by atoms with Gasteiger partial charge in [-0.2, -0.15) is 0 Å². The van der Waals surface area contributed by atoms with E-state index in [0.29, 0.717) is 25.9 Å². The Kier molecular flexibility index (Phi) is 56.5. The number of rotatable bonds is 57. The molecule has 0 spiro atoms. The molecule has 402 valence electrons. The molecule has 6 nitrogen and oxygen atoms in total. The molecule has 0 fully saturated rings. The molecule has 0 aliphatic rings. The molecule has 2 atom stereocenters. The van der Waals surface area contributed by atoms with E-state index in [-0.39, 0.29) is 18.5 Å². The molecule has 0 saturated carbocycles. The Morgan fingerprint density at radius 3 is 1.12 bits per heavy atom. The molecule has 0 radical (unpaired) electrons. The SMILES string of the molecule is CCCCCCCCCCCCCCCCCCCC(=O)OCCCCC/C=C\C/C=C\CCCCCCCCCC(=O)NC(CO)C(O)CCCCCCCCCCCCCCCCCCC. The number of unbranched alkanes of at least 4 members (excludes halogenated alkanes) is 42. The minimum absolute atomic E-state index is 0.0110. The van der Waals surface area contributed by atoms with Crippen molar-refractivity contribution in [1.82, 2.24) is 5.32 Å². The lowest BCUT2D eigenvalue weighted by atomic mass is 10.0. The van der Waals surface area contributed by atoms with Crippen LogP contribution in [0.4, 0.5) is 0 Å². The number of hydrogen-bond acceptors (Lipinski definition) is 5. The van der Waals surface area contributed by atoms with Crippen LogP contribution in [-0.2, 0) is 14.3 Å². The van der Waals surface area contributed by atoms with Gasteiger partial charge in [0.1, 0.15) is 0 Å². The van der Waals surface area contributed by atoms with Gasteiger partial charge < -0.3 is 20.3 Å². The van der Waals surface area contributed by atoms with Crippen molar-refractivity contribution in [2.24, 2.45) is 0 Å². The number of carbonyl (C=O) groups is 2. The van der Waals surface area contributed by atoms with Gasteiger partial charge in [0.05, 0.1) is 25.4 Å². The number of amides is 1. The standard InChI is InChI=1S/C62H119NO5/c1-3-5-7-9-11-13-15-17-19-22-26-30-34-38-42-46-50-54-60(65)59(58-64)63-61(66)55-51-47-43-39-35-31-27-24-21-25-29-33-37-41-45-49-53-57-68-62(67)56-52-48-44-40-36-32-28-23-20-18-16-14-12-10-8-6-4-2/h21,25,33,37,59-60,64-65H,3-20,22-24,26-32,34-36,38-58H2,1-2H3,(H,63,66)/b25-21-,37-33-. The Labute approximate surface area is 424 Å². The van der Waals surface area contributed by atoms with Gasteiger partial charge in [-0.05, 0) is 64.2 Å². The molecule has 0 bridgehead atoms. The van der Waals surface area contributed by atoms with Crippen molar-refractivity contribution in [3.8, 4) is 0 Å². The number of aliphatic hydroxyl groups excluding tert-OH is 2. The Morgan fingerprint density at radius 2 is 0.735 bits per heavy atom. The summed E-state index contributed by atoms with van der Waals surface area (Å²) >= 11 is 0. The summed E-state index contributed by atoms with van der Waals surface area (Å²) in [6.45, 7) is 4.93. The minimum Gasteiger partial charge on any atom is -0.466 e. The van der Waals surface area contributed by atoms with Crippen molar-refractivity contribution < 1.29 is 24.5 Å². The van der Waals surface area contributed by atoms with Crippen LogP contribution in [0.15, 0.2) is 24.3 Å². The molecule has 0 saturated heterocycles. The average Bonchev–Trinajstić information content (AvgIpc) is 3.34. The van der Waals surface area contributed by atoms with Crippen molar-refractivity contribution in [2.45, 2.75) is 347 Å². The van der Waals surface area contributed by atoms with Crippen LogP contribution in [0, 0.1) is 0 Å². The van der Waals surface area contributed by atoms with Gasteiger partial charge >= 0.3 is 5.97 Å². The minimum atomic E-state index is -0.675. The molecule has 0 aliphatic carbocycles. The van der Waals surface area contributed by atoms with Crippen LogP contribution in [0.5, 0.6) is 0 Å². The zero-order chi connectivity index (χ0) is 49.3. The maximum Gasteiger partial charge on any atom is 0.305 e. The number of ether oxygens (including phenoxy) is 1. The highest BCUT2D eigenvalue weighted by Crippen LogP contribution is 2.18. The third-order valence-electron chi connectivity index (χ3n) is 14.3. The Bertz CT molecular complexity index is 1060. The lowest BCUT2D eigenvalue weighted by Gasteiger charge is -2.22. The van der Waals surface area contributed by atoms with Gasteiger partial charge in [-0.3, -0.25) is 9.59 Å². The third-order valence-corrected chi connectivity index (χ3v) is 14.3. The van der Waals surface area contributed by atoms with Gasteiger partial charge in [0.15, 0.2) is 0 Å². The van der Waals surface area contributed by atoms with Crippen molar-refractivity contribution in [3.63, 3.8) is 0 Å². The van der Waals surface area contributed by atoms with Gasteiger partial charge in [-0.25, -0.2) is 0 Å². The molecule has 0 aromatic heterocycles. The first-order valence-electron chi connectivity index (χ1n) is 30.6. The molecule has 3 N–H and O–H groups in total. The highest BCUT2D eigenvalue weighted by atomic mass is 16.5. The number of aliphatic hydroxyl groups is 2. The number of carbonyl (C=O) groups excluding carboxylic acids is 2. The zero-order valence-corrected chi connectivity index (χ0v) is 45.9. The van der Waals surface area contributed by atoms with Gasteiger partial charge in [-0.1, -0.05) is 282 Å². The molecule has 1 amide bonds. The third kappa shape index (κ3) is 53.7. The van der Waals surface area contributed by atoms with Crippen LogP contribution >= 0.6 is 0 Å². The van der Waals surface area contributed by atoms with Crippen LogP contribution in [0.25, 0.3) is 0 Å². The second-order valence-electron chi connectivity index (χ2n) is 21.0. The van der Waals surface area contributed by atoms with Crippen LogP contribution in [-0.4, -0.2) is 47.4 Å². The molecule has 0 aliphatic heterocycles. The van der Waals surface area contributed by atoms with E-state index in [2.05, 4.69) is 43.5 Å². The molecule has 68 heavy (non-hydrogen) atoms. The van der Waals surface area contributed by atoms with Crippen LogP contribution in [0.2, 0.25) is 0 Å². The molecule has 0 heterocycles. The van der Waals surface area contributed by atoms with E-state index in [4.69, 9.17) is 4.74 Å². The number of allylic oxidation sites excluding steroid dienone is 4. The quantitative estimate of drug-likeness (QED) is 0.0321. The van der Waals surface area contributed by atoms with E-state index in [1.165, 1.54) is 218 Å². The Hall–Kier alpha value is -1.66. The Balaban J connectivity index is 3.47. The highest BCUT2D eigenvalue weighted by Gasteiger charge is 2.20. The van der Waals surface area contributed by atoms with Crippen LogP contribution < -0.4 is 5.32 Å². The number of esters is 1. The number of hydrogen-bond donors (Lipinski definition) is 3. The average molecular weight is 959 g/mol. The topological polar surface area (TPSA) is 95.9 Å². The summed E-state index contributed by atoms with van der Waals surface area (Å²) in [6, 6.07) is -0.554. The molecule has 6 heteroatoms. The largest absolute Gasteiger partial charge is 0.466 e. The summed E-state index contributed by atoms with van der Waals surface area (Å²) in [5.41, 5.74) is 0. The zero-order valence-electron chi connectivity index (χ0n) is 45.9. The van der Waals surface area contributed by atoms with E-state index in [9.17, 15) is 19.8 Å². The first-order valence-corrected chi connectivity index (χ1v) is 30.6. The first-order chi connectivity index (χ1) is 33.5. The summed E-state index contributed by atoms with van der Waals surface area (Å²) in [5, 5.41) is 23.3. The molecule has 0 aromatic carbocycles. The molecule has 2 unspecified atom stereocenters. The van der Waals surface area contributed by atoms with Crippen molar-refractivity contribution in [2.75, 3.05) is 13.2 Å². The maximum absolute atomic E-state index is 12.5. The lowest BCUT2D eigenvalue weighted by Crippen LogP contribution is -2.45. The summed E-state index contributed by atoms with van der Waals surface area (Å²) in [7, 11) is 0. The van der Waals surface area contributed by atoms with E-state index in [1.54, 1.807) is 0 Å². The molecule has 0 rings (SSSR count). The lowest BCUT2D eigenvalue weighted by molar-refractivity contribution is -0.143. The monoisotopic (exact) mass is 958 g/mol. The summed E-state index contributed by atoms with van der Waals surface area (Å²) in [4.78, 5) is 24.6. The van der Waals surface area contributed by atoms with E-state index in [0.717, 1.165) is 83.5 Å². The van der Waals surface area contributed by atoms with Gasteiger partial charge in [0.25, 0.3) is 0 Å². The summed E-state index contributed by atoms with van der Waals surface area (Å²) in [6.07, 6.45) is 70.4. The fraction of sp³-hybridized carbons (Fsp3) is 0.903. The predicted molar refractivity (Wildman–Crippen MR) is 296 cm³/mol. The number of nitrogens with one attached hydrogen (secondary N) is 1. The normalized spacial score (nSPS) is 12.7. The van der Waals surface area contributed by atoms with E-state index in [1.807, 2.05) is 0 Å². The first kappa shape index (κ1) is 66.3. The molecular formula is C62H119NO5. The predicted octanol–water partition coefficient (Wildman–Crippen LogP) is 19.0. The van der Waals surface area contributed by atoms with Crippen molar-refractivity contribution in [1.29, 1.82) is 0 Å².